The van der Waals surface area contributed by atoms with Gasteiger partial charge in [0.1, 0.15) is 36.7 Å². The summed E-state index contributed by atoms with van der Waals surface area (Å²) < 4.78 is 17.0. The minimum absolute atomic E-state index is 0.0321. The average Bonchev–Trinajstić information content (AvgIpc) is 2.96. The van der Waals surface area contributed by atoms with Crippen LogP contribution in [0.4, 0.5) is 10.6 Å². The van der Waals surface area contributed by atoms with E-state index in [0.29, 0.717) is 0 Å². The molecule has 1 fully saturated rings. The van der Waals surface area contributed by atoms with Crippen molar-refractivity contribution >= 4 is 12.0 Å². The molecule has 154 valence electrons. The number of hydrogen-bond donors (Lipinski definition) is 2. The van der Waals surface area contributed by atoms with Gasteiger partial charge in [0.05, 0.1) is 6.07 Å². The first-order valence-corrected chi connectivity index (χ1v) is 9.32. The molecule has 1 aliphatic heterocycles. The van der Waals surface area contributed by atoms with Crippen LogP contribution in [-0.2, 0) is 14.2 Å². The number of nitriles is 1. The Kier molecular flexibility index (Phi) is 7.78. The summed E-state index contributed by atoms with van der Waals surface area (Å²) >= 11 is 0. The minimum Gasteiger partial charge on any atom is -0.431 e. The van der Waals surface area contributed by atoms with E-state index in [2.05, 4.69) is 4.98 Å². The van der Waals surface area contributed by atoms with Gasteiger partial charge in [-0.25, -0.2) is 9.59 Å². The van der Waals surface area contributed by atoms with Crippen LogP contribution in [0.2, 0.25) is 0 Å². The van der Waals surface area contributed by atoms with Gasteiger partial charge >= 0.3 is 11.8 Å². The fourth-order valence-electron chi connectivity index (χ4n) is 3.11. The highest BCUT2D eigenvalue weighted by molar-refractivity contribution is 5.60. The van der Waals surface area contributed by atoms with E-state index in [-0.39, 0.29) is 18.5 Å². The van der Waals surface area contributed by atoms with E-state index in [1.54, 1.807) is 0 Å². The molecule has 3 N–H and O–H groups in total. The minimum atomic E-state index is -1.26. The van der Waals surface area contributed by atoms with Crippen molar-refractivity contribution in [2.75, 3.05) is 12.3 Å². The van der Waals surface area contributed by atoms with Crippen molar-refractivity contribution in [1.29, 1.82) is 5.26 Å². The molecule has 28 heavy (non-hydrogen) atoms. The number of anilines is 1. The number of nitrogens with zero attached hydrogens (tertiary/aromatic N) is 3. The lowest BCUT2D eigenvalue weighted by molar-refractivity contribution is -0.0645. The fraction of sp³-hybridized carbons (Fsp3) is 0.667. The summed E-state index contributed by atoms with van der Waals surface area (Å²) in [5.74, 6) is -1.01. The molecule has 2 rings (SSSR count). The molecule has 10 heteroatoms. The van der Waals surface area contributed by atoms with E-state index >= 15 is 0 Å². The highest BCUT2D eigenvalue weighted by Crippen LogP contribution is 2.33. The summed E-state index contributed by atoms with van der Waals surface area (Å²) in [5.41, 5.74) is 4.75. The number of nitrogen functional groups attached to an aromatic ring is 1. The number of rotatable bonds is 8. The zero-order valence-corrected chi connectivity index (χ0v) is 16.0. The van der Waals surface area contributed by atoms with Crippen molar-refractivity contribution < 1.29 is 24.1 Å². The summed E-state index contributed by atoms with van der Waals surface area (Å²) in [4.78, 5) is 27.5. The van der Waals surface area contributed by atoms with Crippen LogP contribution in [0.25, 0.3) is 0 Å². The first-order valence-electron chi connectivity index (χ1n) is 9.32. The van der Waals surface area contributed by atoms with E-state index in [1.807, 2.05) is 19.9 Å². The van der Waals surface area contributed by atoms with Crippen LogP contribution in [-0.4, -0.2) is 45.7 Å². The molecule has 1 saturated heterocycles. The third kappa shape index (κ3) is 5.21. The van der Waals surface area contributed by atoms with Gasteiger partial charge in [-0.15, -0.1) is 0 Å². The van der Waals surface area contributed by atoms with Gasteiger partial charge in [-0.05, 0) is 18.9 Å². The molecule has 0 spiro atoms. The van der Waals surface area contributed by atoms with Crippen LogP contribution in [0, 0.1) is 17.2 Å². The standard InChI is InChI=1S/C18H26N4O6/c1-3-5-11(6-4-2)27-18(25)26-10-13-15(23)12(9-19)16(28-13)22-8-7-14(20)21-17(22)24/h7-8,11-13,15-16,23H,3-6,10H2,1-2H3,(H2,20,21,24)/t12-,13+,15-,16?/m0/s1. The van der Waals surface area contributed by atoms with Crippen molar-refractivity contribution in [3.63, 3.8) is 0 Å². The second-order valence-electron chi connectivity index (χ2n) is 6.63. The number of carbonyl (C=O) groups is 1. The van der Waals surface area contributed by atoms with E-state index in [4.69, 9.17) is 19.9 Å². The summed E-state index contributed by atoms with van der Waals surface area (Å²) in [6, 6.07) is 3.31. The van der Waals surface area contributed by atoms with E-state index in [0.717, 1.165) is 30.3 Å². The Labute approximate surface area is 162 Å². The maximum absolute atomic E-state index is 12.0. The molecule has 1 unspecified atom stereocenters. The highest BCUT2D eigenvalue weighted by atomic mass is 16.7. The van der Waals surface area contributed by atoms with E-state index < -0.39 is 36.2 Å². The maximum atomic E-state index is 12.0. The Morgan fingerprint density at radius 2 is 2.14 bits per heavy atom. The molecule has 1 aromatic heterocycles. The molecule has 1 aromatic rings. The summed E-state index contributed by atoms with van der Waals surface area (Å²) in [7, 11) is 0. The smallest absolute Gasteiger partial charge is 0.431 e. The van der Waals surface area contributed by atoms with Crippen LogP contribution in [0.5, 0.6) is 0 Å². The van der Waals surface area contributed by atoms with Crippen LogP contribution < -0.4 is 11.4 Å². The number of aliphatic hydroxyl groups excluding tert-OH is 1. The molecule has 0 amide bonds. The van der Waals surface area contributed by atoms with Crippen molar-refractivity contribution in [2.24, 2.45) is 5.92 Å². The molecule has 0 saturated carbocycles. The molecule has 4 atom stereocenters. The zero-order chi connectivity index (χ0) is 20.7. The largest absolute Gasteiger partial charge is 0.508 e. The van der Waals surface area contributed by atoms with Gasteiger partial charge in [0, 0.05) is 6.20 Å². The van der Waals surface area contributed by atoms with Crippen LogP contribution >= 0.6 is 0 Å². The molecular weight excluding hydrogens is 368 g/mol. The van der Waals surface area contributed by atoms with Gasteiger partial charge in [0.2, 0.25) is 0 Å². The molecular formula is C18H26N4O6. The number of aliphatic hydroxyl groups is 1. The van der Waals surface area contributed by atoms with Gasteiger partial charge in [-0.2, -0.15) is 10.2 Å². The Bertz CT molecular complexity index is 755. The van der Waals surface area contributed by atoms with Crippen molar-refractivity contribution in [1.82, 2.24) is 9.55 Å². The first kappa shape index (κ1) is 21.7. The van der Waals surface area contributed by atoms with Crippen LogP contribution in [0.1, 0.15) is 45.8 Å². The van der Waals surface area contributed by atoms with Gasteiger partial charge in [-0.3, -0.25) is 4.57 Å². The molecule has 1 aliphatic rings. The second kappa shape index (κ2) is 10.1. The fourth-order valence-corrected chi connectivity index (χ4v) is 3.11. The molecule has 0 aliphatic carbocycles. The van der Waals surface area contributed by atoms with E-state index in [9.17, 15) is 20.0 Å². The Balaban J connectivity index is 2.00. The van der Waals surface area contributed by atoms with Crippen molar-refractivity contribution in [3.05, 3.63) is 22.7 Å². The van der Waals surface area contributed by atoms with Crippen LogP contribution in [0.3, 0.4) is 0 Å². The second-order valence-corrected chi connectivity index (χ2v) is 6.63. The Morgan fingerprint density at radius 1 is 1.46 bits per heavy atom. The predicted octanol–water partition coefficient (Wildman–Crippen LogP) is 1.35. The number of ether oxygens (including phenoxy) is 3. The van der Waals surface area contributed by atoms with Gasteiger partial charge in [0.15, 0.2) is 6.23 Å². The zero-order valence-electron chi connectivity index (χ0n) is 16.0. The lowest BCUT2D eigenvalue weighted by Crippen LogP contribution is -2.32. The number of aromatic nitrogens is 2. The molecule has 0 radical (unpaired) electrons. The summed E-state index contributed by atoms with van der Waals surface area (Å²) in [5, 5.41) is 19.7. The third-order valence-corrected chi connectivity index (χ3v) is 4.49. The number of hydrogen-bond acceptors (Lipinski definition) is 9. The third-order valence-electron chi connectivity index (χ3n) is 4.49. The molecule has 2 heterocycles. The maximum Gasteiger partial charge on any atom is 0.508 e. The number of nitrogens with two attached hydrogens (primary N) is 1. The number of carbonyl (C=O) groups excluding carboxylic acids is 1. The van der Waals surface area contributed by atoms with Gasteiger partial charge in [-0.1, -0.05) is 26.7 Å². The van der Waals surface area contributed by atoms with Gasteiger partial charge < -0.3 is 25.1 Å². The summed E-state index contributed by atoms with van der Waals surface area (Å²) in [6.45, 7) is 3.68. The van der Waals surface area contributed by atoms with Crippen molar-refractivity contribution in [3.8, 4) is 6.07 Å². The molecule has 0 bridgehead atoms. The predicted molar refractivity (Wildman–Crippen MR) is 98.0 cm³/mol. The summed E-state index contributed by atoms with van der Waals surface area (Å²) in [6.07, 6.45) is 0.159. The lowest BCUT2D eigenvalue weighted by Gasteiger charge is -2.18. The van der Waals surface area contributed by atoms with E-state index in [1.165, 1.54) is 12.3 Å². The van der Waals surface area contributed by atoms with Crippen molar-refractivity contribution in [2.45, 2.75) is 64.1 Å². The topological polar surface area (TPSA) is 150 Å². The highest BCUT2D eigenvalue weighted by Gasteiger charge is 2.46. The lowest BCUT2D eigenvalue weighted by atomic mass is 10.0. The molecule has 10 nitrogen and oxygen atoms in total. The van der Waals surface area contributed by atoms with Crippen LogP contribution in [0.15, 0.2) is 17.1 Å². The quantitative estimate of drug-likeness (QED) is 0.623. The first-order chi connectivity index (χ1) is 13.4. The SMILES string of the molecule is CCCC(CCC)OC(=O)OC[C@H]1OC(n2ccc(N)nc2=O)[C@@H](C#N)[C@@H]1O. The van der Waals surface area contributed by atoms with Gasteiger partial charge in [0.25, 0.3) is 0 Å². The Hall–Kier alpha value is -2.64. The Morgan fingerprint density at radius 3 is 2.71 bits per heavy atom. The monoisotopic (exact) mass is 394 g/mol. The molecule has 0 aromatic carbocycles. The average molecular weight is 394 g/mol. The normalized spacial score (nSPS) is 24.1.